The van der Waals surface area contributed by atoms with Crippen LogP contribution in [0.2, 0.25) is 5.02 Å². The van der Waals surface area contributed by atoms with Gasteiger partial charge in [-0.3, -0.25) is 5.10 Å². The number of amides is 2. The summed E-state index contributed by atoms with van der Waals surface area (Å²) < 4.78 is 5.04. The van der Waals surface area contributed by atoms with Crippen molar-refractivity contribution in [3.8, 4) is 5.88 Å². The molecule has 0 bridgehead atoms. The second-order valence-corrected chi connectivity index (χ2v) is 9.27. The van der Waals surface area contributed by atoms with Crippen molar-refractivity contribution in [3.05, 3.63) is 47.2 Å². The number of aliphatic hydroxyl groups is 1. The molecule has 3 aromatic rings. The van der Waals surface area contributed by atoms with E-state index >= 15 is 0 Å². The second kappa shape index (κ2) is 8.96. The molecule has 1 aliphatic rings. The van der Waals surface area contributed by atoms with Crippen LogP contribution in [0.5, 0.6) is 5.88 Å². The van der Waals surface area contributed by atoms with E-state index in [0.717, 1.165) is 29.3 Å². The highest BCUT2D eigenvalue weighted by Gasteiger charge is 2.40. The maximum absolute atomic E-state index is 12.7. The normalized spacial score (nSPS) is 16.2. The zero-order valence-electron chi connectivity index (χ0n) is 18.4. The number of hydrogen-bond acceptors (Lipinski definition) is 5. The van der Waals surface area contributed by atoms with Crippen molar-refractivity contribution in [2.24, 2.45) is 11.3 Å². The van der Waals surface area contributed by atoms with E-state index in [1.165, 1.54) is 0 Å². The van der Waals surface area contributed by atoms with Crippen LogP contribution in [0, 0.1) is 11.3 Å². The van der Waals surface area contributed by atoms with Gasteiger partial charge in [-0.15, -0.1) is 0 Å². The summed E-state index contributed by atoms with van der Waals surface area (Å²) >= 11 is 6.28. The molecule has 0 radical (unpaired) electrons. The summed E-state index contributed by atoms with van der Waals surface area (Å²) in [6, 6.07) is 6.96. The van der Waals surface area contributed by atoms with Gasteiger partial charge in [0.25, 0.3) is 0 Å². The third-order valence-corrected chi connectivity index (χ3v) is 6.79. The van der Waals surface area contributed by atoms with Crippen molar-refractivity contribution in [1.82, 2.24) is 20.1 Å². The Morgan fingerprint density at radius 2 is 2.06 bits per heavy atom. The molecule has 3 N–H and O–H groups in total. The molecule has 1 atom stereocenters. The Kier molecular flexibility index (Phi) is 6.26. The number of nitrogens with zero attached hydrogens (tertiary/aromatic N) is 3. The van der Waals surface area contributed by atoms with Crippen molar-refractivity contribution in [1.29, 1.82) is 0 Å². The first-order valence-corrected chi connectivity index (χ1v) is 11.0. The number of anilines is 1. The Balaban J connectivity index is 1.41. The van der Waals surface area contributed by atoms with Gasteiger partial charge in [0.15, 0.2) is 0 Å². The zero-order valence-corrected chi connectivity index (χ0v) is 19.2. The molecular formula is C23H28ClN5O3. The van der Waals surface area contributed by atoms with Gasteiger partial charge in [0, 0.05) is 35.1 Å². The van der Waals surface area contributed by atoms with E-state index in [1.54, 1.807) is 42.6 Å². The van der Waals surface area contributed by atoms with Gasteiger partial charge in [-0.05, 0) is 42.4 Å². The van der Waals surface area contributed by atoms with Gasteiger partial charge >= 0.3 is 6.03 Å². The van der Waals surface area contributed by atoms with Crippen LogP contribution in [-0.4, -0.2) is 51.4 Å². The number of piperidine rings is 1. The molecule has 1 fully saturated rings. The van der Waals surface area contributed by atoms with Crippen LogP contribution < -0.4 is 10.1 Å². The van der Waals surface area contributed by atoms with Crippen LogP contribution in [0.25, 0.3) is 10.9 Å². The van der Waals surface area contributed by atoms with Crippen LogP contribution in [0.1, 0.15) is 38.4 Å². The van der Waals surface area contributed by atoms with Crippen LogP contribution in [-0.2, 0) is 0 Å². The van der Waals surface area contributed by atoms with Crippen LogP contribution in [0.3, 0.4) is 0 Å². The lowest BCUT2D eigenvalue weighted by Gasteiger charge is -2.43. The number of ether oxygens (including phenoxy) is 1. The molecule has 3 heterocycles. The van der Waals surface area contributed by atoms with E-state index in [-0.39, 0.29) is 11.9 Å². The average Bonchev–Trinajstić information content (AvgIpc) is 3.27. The number of urea groups is 1. The fourth-order valence-corrected chi connectivity index (χ4v) is 4.73. The summed E-state index contributed by atoms with van der Waals surface area (Å²) in [7, 11) is 1.55. The monoisotopic (exact) mass is 457 g/mol. The minimum absolute atomic E-state index is 0.150. The molecule has 8 nitrogen and oxygen atoms in total. The summed E-state index contributed by atoms with van der Waals surface area (Å²) in [5.41, 5.74) is 1.77. The van der Waals surface area contributed by atoms with E-state index in [0.29, 0.717) is 29.7 Å². The highest BCUT2D eigenvalue weighted by atomic mass is 35.5. The highest BCUT2D eigenvalue weighted by Crippen LogP contribution is 2.46. The number of aromatic amines is 1. The third kappa shape index (κ3) is 4.38. The number of carbonyl (C=O) groups is 1. The molecule has 1 aromatic carbocycles. The molecule has 1 aliphatic heterocycles. The van der Waals surface area contributed by atoms with E-state index in [4.69, 9.17) is 16.3 Å². The van der Waals surface area contributed by atoms with Crippen molar-refractivity contribution in [2.75, 3.05) is 25.5 Å². The molecule has 32 heavy (non-hydrogen) atoms. The summed E-state index contributed by atoms with van der Waals surface area (Å²) in [6.07, 6.45) is 4.15. The Morgan fingerprint density at radius 1 is 1.31 bits per heavy atom. The summed E-state index contributed by atoms with van der Waals surface area (Å²) in [4.78, 5) is 18.6. The fourth-order valence-electron chi connectivity index (χ4n) is 4.49. The Labute approximate surface area is 191 Å². The average molecular weight is 458 g/mol. The summed E-state index contributed by atoms with van der Waals surface area (Å²) in [5.74, 6) is 0.734. The molecule has 2 amide bonds. The lowest BCUT2D eigenvalue weighted by Crippen LogP contribution is -2.45. The minimum Gasteiger partial charge on any atom is -0.481 e. The van der Waals surface area contributed by atoms with Gasteiger partial charge in [0.1, 0.15) is 0 Å². The molecule has 9 heteroatoms. The number of rotatable bonds is 5. The van der Waals surface area contributed by atoms with Gasteiger partial charge in [-0.25, -0.2) is 9.78 Å². The number of aromatic nitrogens is 3. The van der Waals surface area contributed by atoms with Gasteiger partial charge in [-0.1, -0.05) is 25.4 Å². The molecule has 1 saturated heterocycles. The molecule has 4 rings (SSSR count). The lowest BCUT2D eigenvalue weighted by atomic mass is 9.68. The predicted molar refractivity (Wildman–Crippen MR) is 124 cm³/mol. The maximum atomic E-state index is 12.7. The quantitative estimate of drug-likeness (QED) is 0.518. The Bertz CT molecular complexity index is 1090. The third-order valence-electron chi connectivity index (χ3n) is 6.57. The number of H-pyrrole nitrogens is 1. The standard InChI is InChI=1S/C23H28ClN5O3/c1-23(2,21(30)18-11-16(24)10-14-12-26-28-20(14)18)15-6-8-29(9-7-15)22(31)27-17-4-5-19(32-3)25-13-17/h4-5,10-13,15,21,30H,6-9H2,1-3H3,(H,26,28)(H,27,31). The first-order chi connectivity index (χ1) is 15.3. The predicted octanol–water partition coefficient (Wildman–Crippen LogP) is 4.62. The first kappa shape index (κ1) is 22.4. The number of benzene rings is 1. The van der Waals surface area contributed by atoms with Gasteiger partial charge < -0.3 is 20.1 Å². The molecule has 2 aromatic heterocycles. The smallest absolute Gasteiger partial charge is 0.321 e. The number of carbonyl (C=O) groups excluding carboxylic acids is 1. The topological polar surface area (TPSA) is 103 Å². The number of likely N-dealkylation sites (tertiary alicyclic amines) is 1. The minimum atomic E-state index is -0.722. The fraction of sp³-hybridized carbons (Fsp3) is 0.435. The Morgan fingerprint density at radius 3 is 2.72 bits per heavy atom. The van der Waals surface area contributed by atoms with Crippen LogP contribution >= 0.6 is 11.6 Å². The van der Waals surface area contributed by atoms with Gasteiger partial charge in [0.2, 0.25) is 5.88 Å². The van der Waals surface area contributed by atoms with Crippen LogP contribution in [0.15, 0.2) is 36.7 Å². The van der Waals surface area contributed by atoms with Crippen molar-refractivity contribution in [2.45, 2.75) is 32.8 Å². The van der Waals surface area contributed by atoms with Crippen LogP contribution in [0.4, 0.5) is 10.5 Å². The van der Waals surface area contributed by atoms with Gasteiger partial charge in [0.05, 0.1) is 36.8 Å². The molecule has 170 valence electrons. The lowest BCUT2D eigenvalue weighted by molar-refractivity contribution is -0.0138. The van der Waals surface area contributed by atoms with Crippen molar-refractivity contribution < 1.29 is 14.6 Å². The van der Waals surface area contributed by atoms with E-state index in [9.17, 15) is 9.90 Å². The number of halogens is 1. The molecule has 0 spiro atoms. The van der Waals surface area contributed by atoms with E-state index < -0.39 is 11.5 Å². The first-order valence-electron chi connectivity index (χ1n) is 10.7. The maximum Gasteiger partial charge on any atom is 0.321 e. The number of fused-ring (bicyclic) bond motifs is 1. The zero-order chi connectivity index (χ0) is 22.9. The molecule has 0 aliphatic carbocycles. The molecular weight excluding hydrogens is 430 g/mol. The number of aliphatic hydroxyl groups excluding tert-OH is 1. The summed E-state index contributed by atoms with van der Waals surface area (Å²) in [5, 5.41) is 22.7. The SMILES string of the molecule is COc1ccc(NC(=O)N2CCC(C(C)(C)C(O)c3cc(Cl)cc4cn[nH]c34)CC2)cn1. The number of pyridine rings is 1. The molecule has 0 saturated carbocycles. The number of hydrogen-bond donors (Lipinski definition) is 3. The summed E-state index contributed by atoms with van der Waals surface area (Å²) in [6.45, 7) is 5.38. The largest absolute Gasteiger partial charge is 0.481 e. The number of nitrogens with one attached hydrogen (secondary N) is 2. The highest BCUT2D eigenvalue weighted by molar-refractivity contribution is 6.31. The van der Waals surface area contributed by atoms with Gasteiger partial charge in [-0.2, -0.15) is 5.10 Å². The Hall–Kier alpha value is -2.84. The van der Waals surface area contributed by atoms with Crippen molar-refractivity contribution in [3.63, 3.8) is 0 Å². The molecule has 1 unspecified atom stereocenters. The number of methoxy groups -OCH3 is 1. The van der Waals surface area contributed by atoms with E-state index in [1.807, 2.05) is 6.07 Å². The second-order valence-electron chi connectivity index (χ2n) is 8.83. The van der Waals surface area contributed by atoms with E-state index in [2.05, 4.69) is 34.3 Å². The van der Waals surface area contributed by atoms with Crippen molar-refractivity contribution >= 4 is 34.2 Å².